The van der Waals surface area contributed by atoms with E-state index in [0.29, 0.717) is 12.3 Å². The van der Waals surface area contributed by atoms with Gasteiger partial charge in [-0.25, -0.2) is 0 Å². The van der Waals surface area contributed by atoms with Crippen LogP contribution in [0.15, 0.2) is 24.3 Å². The van der Waals surface area contributed by atoms with E-state index in [2.05, 4.69) is 31.0 Å². The molecule has 1 aliphatic heterocycles. The summed E-state index contributed by atoms with van der Waals surface area (Å²) in [6.45, 7) is 10.4. The zero-order valence-electron chi connectivity index (χ0n) is 15.8. The summed E-state index contributed by atoms with van der Waals surface area (Å²) >= 11 is 0. The number of benzene rings is 1. The highest BCUT2D eigenvalue weighted by Crippen LogP contribution is 2.18. The van der Waals surface area contributed by atoms with Crippen LogP contribution in [0.25, 0.3) is 0 Å². The monoisotopic (exact) mass is 350 g/mol. The molecule has 1 aromatic carbocycles. The maximum Gasteiger partial charge on any atom is 0.260 e. The van der Waals surface area contributed by atoms with Crippen LogP contribution >= 0.6 is 0 Å². The molecule has 2 rings (SSSR count). The van der Waals surface area contributed by atoms with E-state index in [1.807, 2.05) is 12.1 Å². The van der Waals surface area contributed by atoms with Gasteiger partial charge in [0.1, 0.15) is 11.5 Å². The Labute approximate surface area is 150 Å². The number of nitrogens with zero attached hydrogens (tertiary/aromatic N) is 1. The minimum atomic E-state index is -0.553. The lowest BCUT2D eigenvalue weighted by atomic mass is 10.1. The second-order valence-corrected chi connectivity index (χ2v) is 6.74. The van der Waals surface area contributed by atoms with E-state index in [1.54, 1.807) is 26.2 Å². The van der Waals surface area contributed by atoms with E-state index in [1.165, 1.54) is 0 Å². The zero-order chi connectivity index (χ0) is 18.4. The molecule has 1 saturated heterocycles. The van der Waals surface area contributed by atoms with Gasteiger partial charge in [0.15, 0.2) is 6.10 Å². The molecule has 1 fully saturated rings. The summed E-state index contributed by atoms with van der Waals surface area (Å²) in [6.07, 6.45) is -0.110. The predicted molar refractivity (Wildman–Crippen MR) is 97.1 cm³/mol. The molecule has 6 heteroatoms. The number of rotatable bonds is 7. The Balaban J connectivity index is 1.78. The molecule has 0 bridgehead atoms. The number of nitrogens with one attached hydrogen (secondary N) is 1. The highest BCUT2D eigenvalue weighted by molar-refractivity contribution is 5.80. The van der Waals surface area contributed by atoms with E-state index >= 15 is 0 Å². The number of amides is 1. The van der Waals surface area contributed by atoms with Crippen LogP contribution in [0.5, 0.6) is 11.5 Å². The molecule has 1 heterocycles. The van der Waals surface area contributed by atoms with Gasteiger partial charge in [0.2, 0.25) is 0 Å². The molecule has 4 unspecified atom stereocenters. The first-order valence-corrected chi connectivity index (χ1v) is 8.87. The van der Waals surface area contributed by atoms with Gasteiger partial charge in [-0.2, -0.15) is 0 Å². The number of carbonyl (C=O) groups excluding carboxylic acids is 1. The third kappa shape index (κ3) is 5.90. The van der Waals surface area contributed by atoms with Gasteiger partial charge in [-0.05, 0) is 52.0 Å². The lowest BCUT2D eigenvalue weighted by Gasteiger charge is -2.39. The minimum absolute atomic E-state index is 0.114. The van der Waals surface area contributed by atoms with Crippen molar-refractivity contribution in [1.29, 1.82) is 0 Å². The fourth-order valence-electron chi connectivity index (χ4n) is 3.01. The SMILES string of the molecule is COc1ccc(OC(C)C(=O)NCC(C)N2CC(C)OC(C)C2)cc1. The van der Waals surface area contributed by atoms with Crippen molar-refractivity contribution in [3.63, 3.8) is 0 Å². The van der Waals surface area contributed by atoms with Crippen LogP contribution in [-0.2, 0) is 9.53 Å². The van der Waals surface area contributed by atoms with Crippen molar-refractivity contribution in [3.05, 3.63) is 24.3 Å². The fraction of sp³-hybridized carbons (Fsp3) is 0.632. The molecule has 4 atom stereocenters. The van der Waals surface area contributed by atoms with Crippen molar-refractivity contribution in [2.75, 3.05) is 26.7 Å². The van der Waals surface area contributed by atoms with Crippen molar-refractivity contribution in [2.24, 2.45) is 0 Å². The van der Waals surface area contributed by atoms with Gasteiger partial charge in [0.25, 0.3) is 5.91 Å². The van der Waals surface area contributed by atoms with Crippen LogP contribution in [0.4, 0.5) is 0 Å². The third-order valence-corrected chi connectivity index (χ3v) is 4.38. The molecule has 140 valence electrons. The second-order valence-electron chi connectivity index (χ2n) is 6.74. The smallest absolute Gasteiger partial charge is 0.260 e. The van der Waals surface area contributed by atoms with Crippen LogP contribution < -0.4 is 14.8 Å². The van der Waals surface area contributed by atoms with Gasteiger partial charge in [-0.15, -0.1) is 0 Å². The molecule has 0 saturated carbocycles. The highest BCUT2D eigenvalue weighted by Gasteiger charge is 2.26. The van der Waals surface area contributed by atoms with Crippen LogP contribution in [0.3, 0.4) is 0 Å². The Morgan fingerprint density at radius 2 is 1.76 bits per heavy atom. The maximum absolute atomic E-state index is 12.3. The largest absolute Gasteiger partial charge is 0.497 e. The van der Waals surface area contributed by atoms with Gasteiger partial charge in [-0.1, -0.05) is 0 Å². The molecular weight excluding hydrogens is 320 g/mol. The molecule has 0 spiro atoms. The average molecular weight is 350 g/mol. The molecule has 1 N–H and O–H groups in total. The molecule has 1 aliphatic rings. The van der Waals surface area contributed by atoms with Crippen molar-refractivity contribution < 1.29 is 19.0 Å². The molecule has 0 aromatic heterocycles. The van der Waals surface area contributed by atoms with E-state index in [4.69, 9.17) is 14.2 Å². The molecule has 0 aliphatic carbocycles. The maximum atomic E-state index is 12.3. The predicted octanol–water partition coefficient (Wildman–Crippen LogP) is 2.08. The Hall–Kier alpha value is -1.79. The van der Waals surface area contributed by atoms with E-state index in [-0.39, 0.29) is 24.2 Å². The van der Waals surface area contributed by atoms with Crippen molar-refractivity contribution in [2.45, 2.75) is 52.0 Å². The second kappa shape index (κ2) is 9.06. The molecule has 6 nitrogen and oxygen atoms in total. The Morgan fingerprint density at radius 3 is 2.32 bits per heavy atom. The van der Waals surface area contributed by atoms with Gasteiger partial charge < -0.3 is 19.5 Å². The van der Waals surface area contributed by atoms with Gasteiger partial charge in [0, 0.05) is 25.7 Å². The number of ether oxygens (including phenoxy) is 3. The topological polar surface area (TPSA) is 60.0 Å². The summed E-state index contributed by atoms with van der Waals surface area (Å²) in [4.78, 5) is 14.6. The number of hydrogen-bond donors (Lipinski definition) is 1. The van der Waals surface area contributed by atoms with Crippen molar-refractivity contribution in [1.82, 2.24) is 10.2 Å². The van der Waals surface area contributed by atoms with Gasteiger partial charge in [-0.3, -0.25) is 9.69 Å². The quantitative estimate of drug-likeness (QED) is 0.816. The third-order valence-electron chi connectivity index (χ3n) is 4.38. The Kier molecular flexibility index (Phi) is 7.08. The standard InChI is InChI=1S/C19H30N2O4/c1-13(21-11-14(2)24-15(3)12-21)10-20-19(22)16(4)25-18-8-6-17(23-5)7-9-18/h6-9,13-16H,10-12H2,1-5H3,(H,20,22). The molecule has 25 heavy (non-hydrogen) atoms. The van der Waals surface area contributed by atoms with Crippen molar-refractivity contribution in [3.8, 4) is 11.5 Å². The van der Waals surface area contributed by atoms with E-state index in [0.717, 1.165) is 18.8 Å². The molecule has 0 radical (unpaired) electrons. The lowest BCUT2D eigenvalue weighted by molar-refractivity contribution is -0.127. The number of morpholine rings is 1. The molecule has 1 aromatic rings. The number of hydrogen-bond acceptors (Lipinski definition) is 5. The van der Waals surface area contributed by atoms with Crippen LogP contribution in [0, 0.1) is 0 Å². The highest BCUT2D eigenvalue weighted by atomic mass is 16.5. The first kappa shape index (κ1) is 19.5. The summed E-state index contributed by atoms with van der Waals surface area (Å²) in [7, 11) is 1.61. The Morgan fingerprint density at radius 1 is 1.20 bits per heavy atom. The first-order chi connectivity index (χ1) is 11.9. The molecular formula is C19H30N2O4. The summed E-state index contributed by atoms with van der Waals surface area (Å²) in [5.74, 6) is 1.29. The molecule has 1 amide bonds. The van der Waals surface area contributed by atoms with Crippen molar-refractivity contribution >= 4 is 5.91 Å². The van der Waals surface area contributed by atoms with Gasteiger partial charge >= 0.3 is 0 Å². The van der Waals surface area contributed by atoms with Gasteiger partial charge in [0.05, 0.1) is 19.3 Å². The van der Waals surface area contributed by atoms with E-state index in [9.17, 15) is 4.79 Å². The number of carbonyl (C=O) groups is 1. The first-order valence-electron chi connectivity index (χ1n) is 8.87. The zero-order valence-corrected chi connectivity index (χ0v) is 15.8. The normalized spacial score (nSPS) is 23.6. The number of methoxy groups -OCH3 is 1. The minimum Gasteiger partial charge on any atom is -0.497 e. The van der Waals surface area contributed by atoms with E-state index < -0.39 is 6.10 Å². The fourth-order valence-corrected chi connectivity index (χ4v) is 3.01. The van der Waals surface area contributed by atoms with Crippen LogP contribution in [0.2, 0.25) is 0 Å². The summed E-state index contributed by atoms with van der Waals surface area (Å²) in [5, 5.41) is 2.98. The lowest BCUT2D eigenvalue weighted by Crippen LogP contribution is -2.53. The summed E-state index contributed by atoms with van der Waals surface area (Å²) in [5.41, 5.74) is 0. The van der Waals surface area contributed by atoms with Crippen LogP contribution in [0.1, 0.15) is 27.7 Å². The Bertz CT molecular complexity index is 539. The summed E-state index contributed by atoms with van der Waals surface area (Å²) in [6, 6.07) is 7.46. The van der Waals surface area contributed by atoms with Crippen LogP contribution in [-0.4, -0.2) is 61.9 Å². The average Bonchev–Trinajstić information content (AvgIpc) is 2.59. The summed E-state index contributed by atoms with van der Waals surface area (Å²) < 4.78 is 16.6.